The normalized spacial score (nSPS) is 10.0. The van der Waals surface area contributed by atoms with E-state index in [1.165, 1.54) is 0 Å². The van der Waals surface area contributed by atoms with Gasteiger partial charge in [0.2, 0.25) is 0 Å². The number of hydrogen-bond donors (Lipinski definition) is 0. The van der Waals surface area contributed by atoms with E-state index in [0.29, 0.717) is 12.8 Å². The van der Waals surface area contributed by atoms with E-state index in [-0.39, 0.29) is 83.8 Å². The van der Waals surface area contributed by atoms with E-state index in [2.05, 4.69) is 37.7 Å². The van der Waals surface area contributed by atoms with Crippen molar-refractivity contribution in [2.75, 3.05) is 0 Å². The SMILES string of the molecule is Cc1c(C)c(N=CCc2cccc(-c3ccccn3)n2)c(C)c(C)c1N=CCc1cccc(-c2ccccn2)n1.Cl.Cl.Cl.Cl.[Fe].[Fe]. The van der Waals surface area contributed by atoms with Crippen molar-refractivity contribution in [3.8, 4) is 22.8 Å². The van der Waals surface area contributed by atoms with Crippen molar-refractivity contribution >= 4 is 73.4 Å². The fourth-order valence-corrected chi connectivity index (χ4v) is 4.62. The summed E-state index contributed by atoms with van der Waals surface area (Å²) in [6.45, 7) is 8.47. The van der Waals surface area contributed by atoms with Gasteiger partial charge in [0.15, 0.2) is 0 Å². The molecule has 0 saturated heterocycles. The molecule has 0 N–H and O–H groups in total. The zero-order valence-electron chi connectivity index (χ0n) is 25.7. The Kier molecular flexibility index (Phi) is 21.8. The van der Waals surface area contributed by atoms with Gasteiger partial charge in [0.05, 0.1) is 34.2 Å². The molecule has 0 saturated carbocycles. The van der Waals surface area contributed by atoms with Gasteiger partial charge in [0, 0.05) is 83.2 Å². The molecule has 1 aromatic carbocycles. The first-order chi connectivity index (χ1) is 19.5. The summed E-state index contributed by atoms with van der Waals surface area (Å²) in [7, 11) is 0. The van der Waals surface area contributed by atoms with Gasteiger partial charge in [-0.2, -0.15) is 0 Å². The summed E-state index contributed by atoms with van der Waals surface area (Å²) in [5, 5.41) is 0. The quantitative estimate of drug-likeness (QED) is 0.116. The molecule has 0 fully saturated rings. The first kappa shape index (κ1) is 45.5. The molecule has 0 amide bonds. The molecule has 0 radical (unpaired) electrons. The Hall–Kier alpha value is -2.64. The van der Waals surface area contributed by atoms with Crippen LogP contribution in [-0.4, -0.2) is 32.4 Å². The third-order valence-corrected chi connectivity index (χ3v) is 7.06. The molecule has 12 heteroatoms. The van der Waals surface area contributed by atoms with Crippen LogP contribution in [0.25, 0.3) is 22.8 Å². The summed E-state index contributed by atoms with van der Waals surface area (Å²) in [5.74, 6) is 0. The number of pyridine rings is 4. The minimum atomic E-state index is 0. The zero-order valence-corrected chi connectivity index (χ0v) is 31.1. The van der Waals surface area contributed by atoms with Crippen molar-refractivity contribution in [3.63, 3.8) is 0 Å². The Morgan fingerprint density at radius 3 is 1.15 bits per heavy atom. The Morgan fingerprint density at radius 2 is 0.826 bits per heavy atom. The number of rotatable bonds is 8. The fraction of sp³-hybridized carbons (Fsp3) is 0.176. The van der Waals surface area contributed by atoms with Crippen molar-refractivity contribution in [2.24, 2.45) is 9.98 Å². The third kappa shape index (κ3) is 11.3. The third-order valence-electron chi connectivity index (χ3n) is 7.06. The maximum atomic E-state index is 4.88. The van der Waals surface area contributed by atoms with E-state index >= 15 is 0 Å². The van der Waals surface area contributed by atoms with Gasteiger partial charge in [-0.15, -0.1) is 49.6 Å². The van der Waals surface area contributed by atoms with Crippen LogP contribution in [-0.2, 0) is 47.0 Å². The Bertz CT molecular complexity index is 1550. The molecule has 4 heterocycles. The maximum absolute atomic E-state index is 4.88. The Morgan fingerprint density at radius 1 is 0.478 bits per heavy atom. The van der Waals surface area contributed by atoms with E-state index in [9.17, 15) is 0 Å². The molecule has 46 heavy (non-hydrogen) atoms. The fourth-order valence-electron chi connectivity index (χ4n) is 4.62. The Labute approximate surface area is 317 Å². The molecule has 0 aliphatic heterocycles. The topological polar surface area (TPSA) is 76.3 Å². The minimum absolute atomic E-state index is 0. The van der Waals surface area contributed by atoms with Gasteiger partial charge in [0.1, 0.15) is 0 Å². The predicted octanol–water partition coefficient (Wildman–Crippen LogP) is 9.41. The summed E-state index contributed by atoms with van der Waals surface area (Å²) in [6, 6.07) is 23.7. The van der Waals surface area contributed by atoms with Crippen LogP contribution in [0.2, 0.25) is 0 Å². The summed E-state index contributed by atoms with van der Waals surface area (Å²) in [6.07, 6.45) is 8.74. The van der Waals surface area contributed by atoms with Gasteiger partial charge in [-0.05, 0) is 98.5 Å². The van der Waals surface area contributed by atoms with E-state index in [1.54, 1.807) is 12.4 Å². The van der Waals surface area contributed by atoms with Crippen LogP contribution in [0.4, 0.5) is 11.4 Å². The first-order valence-corrected chi connectivity index (χ1v) is 13.4. The van der Waals surface area contributed by atoms with Gasteiger partial charge in [0.25, 0.3) is 0 Å². The van der Waals surface area contributed by atoms with Gasteiger partial charge in [-0.3, -0.25) is 29.9 Å². The number of halogens is 4. The van der Waals surface area contributed by atoms with Crippen molar-refractivity contribution < 1.29 is 34.1 Å². The van der Waals surface area contributed by atoms with Crippen molar-refractivity contribution in [2.45, 2.75) is 40.5 Å². The van der Waals surface area contributed by atoms with E-state index in [4.69, 9.17) is 20.0 Å². The molecule has 5 aromatic rings. The summed E-state index contributed by atoms with van der Waals surface area (Å²) < 4.78 is 0. The van der Waals surface area contributed by atoms with Crippen molar-refractivity contribution in [3.05, 3.63) is 119 Å². The summed E-state index contributed by atoms with van der Waals surface area (Å²) in [4.78, 5) is 28.1. The molecule has 0 aliphatic rings. The predicted molar refractivity (Wildman–Crippen MR) is 193 cm³/mol. The summed E-state index contributed by atoms with van der Waals surface area (Å²) >= 11 is 0. The minimum Gasteiger partial charge on any atom is -0.260 e. The summed E-state index contributed by atoms with van der Waals surface area (Å²) in [5.41, 5.74) is 11.9. The molecule has 0 atom stereocenters. The molecule has 0 aliphatic carbocycles. The van der Waals surface area contributed by atoms with Gasteiger partial charge >= 0.3 is 0 Å². The van der Waals surface area contributed by atoms with E-state index < -0.39 is 0 Å². The average Bonchev–Trinajstić information content (AvgIpc) is 3.01. The second-order valence-corrected chi connectivity index (χ2v) is 9.69. The van der Waals surface area contributed by atoms with Crippen molar-refractivity contribution in [1.82, 2.24) is 19.9 Å². The molecule has 0 bridgehead atoms. The molecule has 246 valence electrons. The second kappa shape index (κ2) is 22.0. The second-order valence-electron chi connectivity index (χ2n) is 9.69. The number of nitrogens with zero attached hydrogens (tertiary/aromatic N) is 6. The largest absolute Gasteiger partial charge is 0.260 e. The smallest absolute Gasteiger partial charge is 0.0889 e. The zero-order chi connectivity index (χ0) is 27.9. The molecule has 0 unspecified atom stereocenters. The number of benzene rings is 1. The van der Waals surface area contributed by atoms with Gasteiger partial charge < -0.3 is 0 Å². The number of hydrogen-bond acceptors (Lipinski definition) is 6. The molecular weight excluding hydrogens is 746 g/mol. The molecule has 4 aromatic heterocycles. The van der Waals surface area contributed by atoms with Crippen LogP contribution < -0.4 is 0 Å². The van der Waals surface area contributed by atoms with Gasteiger partial charge in [-0.1, -0.05) is 24.3 Å². The van der Waals surface area contributed by atoms with Crippen LogP contribution in [0.1, 0.15) is 33.6 Å². The number of aliphatic imine (C=N–C) groups is 2. The number of aromatic nitrogens is 4. The van der Waals surface area contributed by atoms with Crippen molar-refractivity contribution in [1.29, 1.82) is 0 Å². The van der Waals surface area contributed by atoms with E-state index in [1.807, 2.05) is 85.2 Å². The van der Waals surface area contributed by atoms with Crippen LogP contribution in [0, 0.1) is 27.7 Å². The molecular formula is C34H36Cl4Fe2N6. The monoisotopic (exact) mass is 780 g/mol. The molecule has 5 rings (SSSR count). The standard InChI is InChI=1S/C34H32N6.4ClH.2Fe/c1-23-24(2)34(38-22-18-28-12-10-16-32(40-28)30-14-6-8-20-36-30)26(4)25(3)33(23)37-21-17-27-11-9-15-31(39-27)29-13-5-7-19-35-29;;;;;;/h5-16,19-22H,17-18H2,1-4H3;4*1H;;. The Balaban J connectivity index is 0. The van der Waals surface area contributed by atoms with Crippen LogP contribution in [0.3, 0.4) is 0 Å². The van der Waals surface area contributed by atoms with E-state index in [0.717, 1.165) is 67.8 Å². The maximum Gasteiger partial charge on any atom is 0.0889 e. The van der Waals surface area contributed by atoms with Crippen LogP contribution >= 0.6 is 49.6 Å². The van der Waals surface area contributed by atoms with Crippen LogP contribution in [0.15, 0.2) is 95.2 Å². The molecule has 0 spiro atoms. The first-order valence-electron chi connectivity index (χ1n) is 13.4. The van der Waals surface area contributed by atoms with Crippen LogP contribution in [0.5, 0.6) is 0 Å². The van der Waals surface area contributed by atoms with Gasteiger partial charge in [-0.25, -0.2) is 0 Å². The molecule has 6 nitrogen and oxygen atoms in total. The average molecular weight is 782 g/mol.